The van der Waals surface area contributed by atoms with E-state index in [0.29, 0.717) is 6.42 Å². The summed E-state index contributed by atoms with van der Waals surface area (Å²) in [4.78, 5) is 14.5. The second-order valence-electron chi connectivity index (χ2n) is 6.42. The summed E-state index contributed by atoms with van der Waals surface area (Å²) in [6, 6.07) is 8.14. The molecule has 0 saturated carbocycles. The Morgan fingerprint density at radius 1 is 1.21 bits per heavy atom. The zero-order valence-corrected chi connectivity index (χ0v) is 13.0. The van der Waals surface area contributed by atoms with Gasteiger partial charge in [0.25, 0.3) is 0 Å². The average Bonchev–Trinajstić information content (AvgIpc) is 2.29. The second-order valence-corrected chi connectivity index (χ2v) is 6.42. The number of anilines is 1. The van der Waals surface area contributed by atoms with E-state index in [2.05, 4.69) is 40.7 Å². The Balaban J connectivity index is 2.95. The van der Waals surface area contributed by atoms with E-state index in [-0.39, 0.29) is 11.3 Å². The number of benzene rings is 1. The van der Waals surface area contributed by atoms with Gasteiger partial charge in [-0.25, -0.2) is 0 Å². The molecule has 0 bridgehead atoms. The summed E-state index contributed by atoms with van der Waals surface area (Å²) in [6.07, 6.45) is 2.74. The minimum Gasteiger partial charge on any atom is -0.312 e. The van der Waals surface area contributed by atoms with Crippen LogP contribution in [0.4, 0.5) is 5.69 Å². The van der Waals surface area contributed by atoms with Crippen molar-refractivity contribution in [3.8, 4) is 0 Å². The van der Waals surface area contributed by atoms with Crippen molar-refractivity contribution in [2.75, 3.05) is 11.4 Å². The van der Waals surface area contributed by atoms with Crippen molar-refractivity contribution in [1.29, 1.82) is 0 Å². The lowest BCUT2D eigenvalue weighted by Crippen LogP contribution is -2.34. The van der Waals surface area contributed by atoms with Gasteiger partial charge in [0.2, 0.25) is 5.91 Å². The lowest BCUT2D eigenvalue weighted by Gasteiger charge is -2.28. The molecule has 2 heteroatoms. The summed E-state index contributed by atoms with van der Waals surface area (Å²) >= 11 is 0. The summed E-state index contributed by atoms with van der Waals surface area (Å²) in [5, 5.41) is 0. The van der Waals surface area contributed by atoms with Crippen LogP contribution in [0.3, 0.4) is 0 Å². The maximum Gasteiger partial charge on any atom is 0.227 e. The summed E-state index contributed by atoms with van der Waals surface area (Å²) in [6.45, 7) is 11.4. The van der Waals surface area contributed by atoms with Crippen LogP contribution in [0.1, 0.15) is 52.5 Å². The molecule has 0 aliphatic carbocycles. The number of hydrogen-bond acceptors (Lipinski definition) is 1. The van der Waals surface area contributed by atoms with Gasteiger partial charge >= 0.3 is 0 Å². The number of nitrogens with zero attached hydrogens (tertiary/aromatic N) is 1. The van der Waals surface area contributed by atoms with Gasteiger partial charge < -0.3 is 4.90 Å². The van der Waals surface area contributed by atoms with Crippen LogP contribution in [-0.2, 0) is 4.79 Å². The number of aryl methyl sites for hydroxylation is 1. The van der Waals surface area contributed by atoms with Crippen molar-refractivity contribution < 1.29 is 4.79 Å². The molecule has 0 fully saturated rings. The van der Waals surface area contributed by atoms with E-state index in [9.17, 15) is 4.79 Å². The van der Waals surface area contributed by atoms with Crippen LogP contribution in [0, 0.1) is 12.3 Å². The molecule has 0 saturated heterocycles. The maximum absolute atomic E-state index is 12.5. The normalized spacial score (nSPS) is 11.4. The summed E-state index contributed by atoms with van der Waals surface area (Å²) in [5.41, 5.74) is 2.26. The predicted molar refractivity (Wildman–Crippen MR) is 82.5 cm³/mol. The highest BCUT2D eigenvalue weighted by atomic mass is 16.2. The lowest BCUT2D eigenvalue weighted by molar-refractivity contribution is -0.120. The number of hydrogen-bond donors (Lipinski definition) is 0. The number of rotatable bonds is 5. The fraction of sp³-hybridized carbons (Fsp3) is 0.588. The van der Waals surface area contributed by atoms with E-state index < -0.39 is 0 Å². The largest absolute Gasteiger partial charge is 0.312 e. The Morgan fingerprint density at radius 3 is 2.37 bits per heavy atom. The first-order chi connectivity index (χ1) is 8.85. The van der Waals surface area contributed by atoms with Gasteiger partial charge in [0, 0.05) is 18.7 Å². The van der Waals surface area contributed by atoms with Crippen molar-refractivity contribution in [3.63, 3.8) is 0 Å². The van der Waals surface area contributed by atoms with Crippen LogP contribution in [0.25, 0.3) is 0 Å². The first-order valence-electron chi connectivity index (χ1n) is 7.21. The monoisotopic (exact) mass is 261 g/mol. The zero-order valence-electron chi connectivity index (χ0n) is 13.0. The zero-order chi connectivity index (χ0) is 14.5. The van der Waals surface area contributed by atoms with Crippen molar-refractivity contribution in [3.05, 3.63) is 29.8 Å². The van der Waals surface area contributed by atoms with Crippen molar-refractivity contribution in [1.82, 2.24) is 0 Å². The molecule has 1 aromatic rings. The Hall–Kier alpha value is -1.31. The van der Waals surface area contributed by atoms with E-state index in [0.717, 1.165) is 25.1 Å². The summed E-state index contributed by atoms with van der Waals surface area (Å²) in [7, 11) is 0. The number of carbonyl (C=O) groups is 1. The van der Waals surface area contributed by atoms with Crippen LogP contribution in [0.5, 0.6) is 0 Å². The van der Waals surface area contributed by atoms with E-state index in [1.165, 1.54) is 5.56 Å². The Bertz CT molecular complexity index is 418. The van der Waals surface area contributed by atoms with Gasteiger partial charge in [0.1, 0.15) is 0 Å². The Kier molecular flexibility index (Phi) is 5.59. The molecule has 0 unspecified atom stereocenters. The molecule has 19 heavy (non-hydrogen) atoms. The van der Waals surface area contributed by atoms with Gasteiger partial charge in [0.05, 0.1) is 0 Å². The van der Waals surface area contributed by atoms with Crippen LogP contribution in [0.2, 0.25) is 0 Å². The first-order valence-corrected chi connectivity index (χ1v) is 7.21. The van der Waals surface area contributed by atoms with E-state index in [1.807, 2.05) is 23.1 Å². The van der Waals surface area contributed by atoms with Crippen LogP contribution >= 0.6 is 0 Å². The molecule has 1 amide bonds. The van der Waals surface area contributed by atoms with Gasteiger partial charge in [-0.2, -0.15) is 0 Å². The van der Waals surface area contributed by atoms with Gasteiger partial charge in [-0.3, -0.25) is 4.79 Å². The molecule has 1 aromatic carbocycles. The molecule has 0 aromatic heterocycles. The number of amides is 1. The number of para-hydroxylation sites is 1. The molecule has 2 nitrogen and oxygen atoms in total. The Labute approximate surface area is 117 Å². The molecule has 0 spiro atoms. The SMILES string of the molecule is CCCCN(C(=O)CC(C)(C)C)c1ccccc1C. The van der Waals surface area contributed by atoms with Crippen molar-refractivity contribution >= 4 is 11.6 Å². The number of carbonyl (C=O) groups excluding carboxylic acids is 1. The van der Waals surface area contributed by atoms with E-state index >= 15 is 0 Å². The average molecular weight is 261 g/mol. The lowest BCUT2D eigenvalue weighted by atomic mass is 9.91. The first kappa shape index (κ1) is 15.7. The maximum atomic E-state index is 12.5. The molecule has 106 valence electrons. The standard InChI is InChI=1S/C17H27NO/c1-6-7-12-18(16(19)13-17(3,4)5)15-11-9-8-10-14(15)2/h8-11H,6-7,12-13H2,1-5H3. The second kappa shape index (κ2) is 6.74. The fourth-order valence-electron chi connectivity index (χ4n) is 2.11. The van der Waals surface area contributed by atoms with Gasteiger partial charge in [-0.05, 0) is 30.4 Å². The summed E-state index contributed by atoms with van der Waals surface area (Å²) < 4.78 is 0. The van der Waals surface area contributed by atoms with Gasteiger partial charge in [-0.15, -0.1) is 0 Å². The van der Waals surface area contributed by atoms with E-state index in [1.54, 1.807) is 0 Å². The third kappa shape index (κ3) is 5.06. The van der Waals surface area contributed by atoms with Gasteiger partial charge in [0.15, 0.2) is 0 Å². The molecule has 0 aliphatic rings. The molecule has 0 N–H and O–H groups in total. The predicted octanol–water partition coefficient (Wildman–Crippen LogP) is 4.56. The molecule has 1 rings (SSSR count). The quantitative estimate of drug-likeness (QED) is 0.760. The van der Waals surface area contributed by atoms with Crippen molar-refractivity contribution in [2.45, 2.75) is 53.9 Å². The highest BCUT2D eigenvalue weighted by molar-refractivity contribution is 5.94. The molecule has 0 atom stereocenters. The van der Waals surface area contributed by atoms with Crippen molar-refractivity contribution in [2.24, 2.45) is 5.41 Å². The third-order valence-electron chi connectivity index (χ3n) is 3.12. The van der Waals surface area contributed by atoms with Crippen LogP contribution in [0.15, 0.2) is 24.3 Å². The molecular weight excluding hydrogens is 234 g/mol. The minimum absolute atomic E-state index is 0.0320. The molecule has 0 radical (unpaired) electrons. The Morgan fingerprint density at radius 2 is 1.84 bits per heavy atom. The highest BCUT2D eigenvalue weighted by Gasteiger charge is 2.22. The summed E-state index contributed by atoms with van der Waals surface area (Å²) in [5.74, 6) is 0.232. The smallest absolute Gasteiger partial charge is 0.227 e. The molecule has 0 heterocycles. The minimum atomic E-state index is 0.0320. The van der Waals surface area contributed by atoms with Gasteiger partial charge in [-0.1, -0.05) is 52.3 Å². The van der Waals surface area contributed by atoms with E-state index in [4.69, 9.17) is 0 Å². The fourth-order valence-corrected chi connectivity index (χ4v) is 2.11. The topological polar surface area (TPSA) is 20.3 Å². The van der Waals surface area contributed by atoms with Crippen LogP contribution in [-0.4, -0.2) is 12.5 Å². The number of unbranched alkanes of at least 4 members (excludes halogenated alkanes) is 1. The molecular formula is C17H27NO. The highest BCUT2D eigenvalue weighted by Crippen LogP contribution is 2.25. The van der Waals surface area contributed by atoms with Crippen LogP contribution < -0.4 is 4.90 Å². The third-order valence-corrected chi connectivity index (χ3v) is 3.12. The molecule has 0 aliphatic heterocycles.